The molecule has 1 atom stereocenters. The Kier molecular flexibility index (Phi) is 5.38. The second-order valence-corrected chi connectivity index (χ2v) is 5.26. The number of benzene rings is 1. The Balaban J connectivity index is 1.97. The molecule has 3 nitrogen and oxygen atoms in total. The van der Waals surface area contributed by atoms with E-state index in [0.29, 0.717) is 23.7 Å². The number of hydrogen-bond acceptors (Lipinski definition) is 4. The highest BCUT2D eigenvalue weighted by Gasteiger charge is 2.10. The van der Waals surface area contributed by atoms with Crippen molar-refractivity contribution in [2.24, 2.45) is 0 Å². The number of aliphatic hydroxyl groups is 1. The minimum atomic E-state index is -0.670. The van der Waals surface area contributed by atoms with Crippen molar-refractivity contribution in [3.05, 3.63) is 54.1 Å². The second kappa shape index (κ2) is 7.26. The van der Waals surface area contributed by atoms with Crippen LogP contribution in [0.15, 0.2) is 47.6 Å². The van der Waals surface area contributed by atoms with Gasteiger partial charge in [-0.05, 0) is 31.2 Å². The first-order valence-electron chi connectivity index (χ1n) is 6.33. The smallest absolute Gasteiger partial charge is 0.137 e. The Morgan fingerprint density at radius 3 is 2.95 bits per heavy atom. The first kappa shape index (κ1) is 14.8. The van der Waals surface area contributed by atoms with Crippen molar-refractivity contribution in [3.63, 3.8) is 0 Å². The molecule has 0 spiro atoms. The van der Waals surface area contributed by atoms with Crippen LogP contribution >= 0.6 is 11.8 Å². The fourth-order valence-electron chi connectivity index (χ4n) is 1.69. The quantitative estimate of drug-likeness (QED) is 0.828. The number of thioether (sulfide) groups is 1. The average Bonchev–Trinajstić information content (AvgIpc) is 2.45. The summed E-state index contributed by atoms with van der Waals surface area (Å²) in [5.74, 6) is 0.796. The van der Waals surface area contributed by atoms with Gasteiger partial charge in [0.1, 0.15) is 11.6 Å². The van der Waals surface area contributed by atoms with E-state index in [1.54, 1.807) is 24.5 Å². The summed E-state index contributed by atoms with van der Waals surface area (Å²) in [6, 6.07) is 8.09. The molecule has 0 saturated heterocycles. The Bertz CT molecular complexity index is 565. The largest absolute Gasteiger partial charge is 0.492 e. The molecule has 106 valence electrons. The molecular weight excluding hydrogens is 277 g/mol. The molecule has 0 aliphatic heterocycles. The molecule has 2 aromatic rings. The van der Waals surface area contributed by atoms with Gasteiger partial charge in [-0.3, -0.25) is 4.98 Å². The molecule has 0 amide bonds. The molecule has 1 aromatic heterocycles. The van der Waals surface area contributed by atoms with E-state index in [0.717, 1.165) is 4.90 Å². The number of nitrogens with zero attached hydrogens (tertiary/aromatic N) is 1. The number of aromatic nitrogens is 1. The van der Waals surface area contributed by atoms with E-state index >= 15 is 0 Å². The van der Waals surface area contributed by atoms with Gasteiger partial charge >= 0.3 is 0 Å². The molecule has 1 aromatic carbocycles. The van der Waals surface area contributed by atoms with Gasteiger partial charge in [-0.1, -0.05) is 6.07 Å². The van der Waals surface area contributed by atoms with Crippen LogP contribution in [-0.2, 0) is 0 Å². The highest BCUT2D eigenvalue weighted by molar-refractivity contribution is 7.99. The predicted molar refractivity (Wildman–Crippen MR) is 77.5 cm³/mol. The van der Waals surface area contributed by atoms with Crippen molar-refractivity contribution in [3.8, 4) is 5.75 Å². The van der Waals surface area contributed by atoms with Crippen molar-refractivity contribution >= 4 is 11.8 Å². The van der Waals surface area contributed by atoms with Gasteiger partial charge in [-0.2, -0.15) is 0 Å². The van der Waals surface area contributed by atoms with Crippen LogP contribution in [0.2, 0.25) is 0 Å². The molecule has 20 heavy (non-hydrogen) atoms. The summed E-state index contributed by atoms with van der Waals surface area (Å²) < 4.78 is 18.4. The molecule has 1 unspecified atom stereocenters. The molecule has 0 saturated carbocycles. The van der Waals surface area contributed by atoms with E-state index in [4.69, 9.17) is 4.74 Å². The molecular formula is C15H16FNO2S. The Morgan fingerprint density at radius 1 is 1.35 bits per heavy atom. The summed E-state index contributed by atoms with van der Waals surface area (Å²) in [5.41, 5.74) is 0.694. The lowest BCUT2D eigenvalue weighted by Gasteiger charge is -2.11. The molecule has 1 N–H and O–H groups in total. The molecule has 0 fully saturated rings. The van der Waals surface area contributed by atoms with Crippen LogP contribution in [0.3, 0.4) is 0 Å². The van der Waals surface area contributed by atoms with Crippen molar-refractivity contribution in [2.75, 3.05) is 12.4 Å². The van der Waals surface area contributed by atoms with E-state index in [1.807, 2.05) is 13.0 Å². The van der Waals surface area contributed by atoms with Gasteiger partial charge in [0.05, 0.1) is 18.9 Å². The number of pyridine rings is 1. The van der Waals surface area contributed by atoms with Crippen LogP contribution in [0.1, 0.15) is 18.6 Å². The van der Waals surface area contributed by atoms with Crippen molar-refractivity contribution in [1.82, 2.24) is 4.98 Å². The van der Waals surface area contributed by atoms with Crippen molar-refractivity contribution < 1.29 is 14.2 Å². The van der Waals surface area contributed by atoms with E-state index in [1.165, 1.54) is 23.9 Å². The molecule has 0 aliphatic carbocycles. The maximum Gasteiger partial charge on any atom is 0.137 e. The molecule has 5 heteroatoms. The minimum absolute atomic E-state index is 0.274. The fourth-order valence-corrected chi connectivity index (χ4v) is 2.61. The first-order valence-corrected chi connectivity index (χ1v) is 7.31. The lowest BCUT2D eigenvalue weighted by molar-refractivity contribution is 0.203. The van der Waals surface area contributed by atoms with Gasteiger partial charge in [-0.15, -0.1) is 11.8 Å². The van der Waals surface area contributed by atoms with E-state index in [9.17, 15) is 9.50 Å². The zero-order valence-corrected chi connectivity index (χ0v) is 11.9. The number of aliphatic hydroxyl groups excluding tert-OH is 1. The zero-order valence-electron chi connectivity index (χ0n) is 11.1. The predicted octanol–water partition coefficient (Wildman–Crippen LogP) is 3.45. The molecule has 0 radical (unpaired) electrons. The van der Waals surface area contributed by atoms with E-state index in [2.05, 4.69) is 4.98 Å². The first-order chi connectivity index (χ1) is 9.69. The highest BCUT2D eigenvalue weighted by atomic mass is 32.2. The minimum Gasteiger partial charge on any atom is -0.492 e. The van der Waals surface area contributed by atoms with Gasteiger partial charge < -0.3 is 9.84 Å². The molecule has 1 heterocycles. The maximum atomic E-state index is 13.0. The summed E-state index contributed by atoms with van der Waals surface area (Å²) in [5, 5.41) is 10.1. The topological polar surface area (TPSA) is 42.4 Å². The van der Waals surface area contributed by atoms with E-state index < -0.39 is 6.10 Å². The van der Waals surface area contributed by atoms with Crippen LogP contribution in [0.5, 0.6) is 5.75 Å². The Hall–Kier alpha value is -1.59. The second-order valence-electron chi connectivity index (χ2n) is 4.17. The number of ether oxygens (including phenoxy) is 1. The van der Waals surface area contributed by atoms with Gasteiger partial charge in [-0.25, -0.2) is 4.39 Å². The third-order valence-corrected chi connectivity index (χ3v) is 3.70. The number of rotatable bonds is 6. The summed E-state index contributed by atoms with van der Waals surface area (Å²) in [6.45, 7) is 2.45. The van der Waals surface area contributed by atoms with Gasteiger partial charge in [0.25, 0.3) is 0 Å². The maximum absolute atomic E-state index is 13.0. The standard InChI is InChI=1S/C15H16FNO2S/c1-2-19-13-6-11(8-17-9-13)15(18)10-20-14-5-3-4-12(16)7-14/h3-9,15,18H,2,10H2,1H3. The average molecular weight is 293 g/mol. The number of halogens is 1. The highest BCUT2D eigenvalue weighted by Crippen LogP contribution is 2.26. The summed E-state index contributed by atoms with van der Waals surface area (Å²) >= 11 is 1.40. The fraction of sp³-hybridized carbons (Fsp3) is 0.267. The zero-order chi connectivity index (χ0) is 14.4. The third-order valence-electron chi connectivity index (χ3n) is 2.63. The summed E-state index contributed by atoms with van der Waals surface area (Å²) in [6.07, 6.45) is 2.55. The monoisotopic (exact) mass is 293 g/mol. The Labute approximate surface area is 121 Å². The summed E-state index contributed by atoms with van der Waals surface area (Å²) in [7, 11) is 0. The van der Waals surface area contributed by atoms with Crippen LogP contribution in [-0.4, -0.2) is 22.5 Å². The molecule has 0 aliphatic rings. The van der Waals surface area contributed by atoms with Crippen LogP contribution in [0, 0.1) is 5.82 Å². The van der Waals surface area contributed by atoms with Gasteiger partial charge in [0, 0.05) is 22.4 Å². The Morgan fingerprint density at radius 2 is 2.20 bits per heavy atom. The normalized spacial score (nSPS) is 12.2. The van der Waals surface area contributed by atoms with Crippen LogP contribution in [0.4, 0.5) is 4.39 Å². The van der Waals surface area contributed by atoms with E-state index in [-0.39, 0.29) is 5.82 Å². The van der Waals surface area contributed by atoms with Crippen LogP contribution < -0.4 is 4.74 Å². The van der Waals surface area contributed by atoms with Crippen molar-refractivity contribution in [1.29, 1.82) is 0 Å². The van der Waals surface area contributed by atoms with Gasteiger partial charge in [0.2, 0.25) is 0 Å². The number of hydrogen-bond donors (Lipinski definition) is 1. The summed E-state index contributed by atoms with van der Waals surface area (Å²) in [4.78, 5) is 4.83. The lowest BCUT2D eigenvalue weighted by atomic mass is 10.2. The van der Waals surface area contributed by atoms with Crippen LogP contribution in [0.25, 0.3) is 0 Å². The molecule has 0 bridgehead atoms. The molecule has 2 rings (SSSR count). The van der Waals surface area contributed by atoms with Gasteiger partial charge in [0.15, 0.2) is 0 Å². The van der Waals surface area contributed by atoms with Crippen molar-refractivity contribution in [2.45, 2.75) is 17.9 Å². The SMILES string of the molecule is CCOc1cncc(C(O)CSc2cccc(F)c2)c1. The third kappa shape index (κ3) is 4.21. The lowest BCUT2D eigenvalue weighted by Crippen LogP contribution is -2.02.